The molecule has 3 rings (SSSR count). The summed E-state index contributed by atoms with van der Waals surface area (Å²) in [6.07, 6.45) is 3.36. The van der Waals surface area contributed by atoms with Crippen molar-refractivity contribution in [2.45, 2.75) is 39.2 Å². The number of benzene rings is 1. The van der Waals surface area contributed by atoms with Crippen molar-refractivity contribution in [1.82, 2.24) is 9.80 Å². The van der Waals surface area contributed by atoms with Gasteiger partial charge in [0.25, 0.3) is 5.91 Å². The van der Waals surface area contributed by atoms with E-state index in [1.807, 2.05) is 34.9 Å². The number of piperidine rings is 1. The molecule has 2 aliphatic heterocycles. The smallest absolute Gasteiger partial charge is 0.254 e. The first kappa shape index (κ1) is 18.7. The van der Waals surface area contributed by atoms with Crippen molar-refractivity contribution in [3.8, 4) is 0 Å². The Labute approximate surface area is 155 Å². The fourth-order valence-electron chi connectivity index (χ4n) is 3.66. The summed E-state index contributed by atoms with van der Waals surface area (Å²) in [5.41, 5.74) is 2.60. The molecule has 0 spiro atoms. The van der Waals surface area contributed by atoms with Crippen molar-refractivity contribution < 1.29 is 14.3 Å². The number of amides is 2. The largest absolute Gasteiger partial charge is 0.378 e. The van der Waals surface area contributed by atoms with Gasteiger partial charge >= 0.3 is 0 Å². The molecule has 26 heavy (non-hydrogen) atoms. The molecule has 2 aliphatic rings. The van der Waals surface area contributed by atoms with Crippen LogP contribution in [0.3, 0.4) is 0 Å². The van der Waals surface area contributed by atoms with E-state index in [9.17, 15) is 9.59 Å². The minimum atomic E-state index is 0.0787. The quantitative estimate of drug-likeness (QED) is 0.896. The lowest BCUT2D eigenvalue weighted by Crippen LogP contribution is -2.43. The first-order valence-electron chi connectivity index (χ1n) is 9.57. The van der Waals surface area contributed by atoms with E-state index in [4.69, 9.17) is 4.74 Å². The van der Waals surface area contributed by atoms with Gasteiger partial charge in [0.2, 0.25) is 5.91 Å². The van der Waals surface area contributed by atoms with Gasteiger partial charge in [-0.1, -0.05) is 0 Å². The molecule has 0 aromatic heterocycles. The number of rotatable bonds is 4. The van der Waals surface area contributed by atoms with Gasteiger partial charge in [-0.15, -0.1) is 0 Å². The van der Waals surface area contributed by atoms with Gasteiger partial charge in [-0.2, -0.15) is 0 Å². The predicted octanol–water partition coefficient (Wildman–Crippen LogP) is 2.28. The molecule has 2 heterocycles. The molecule has 2 fully saturated rings. The van der Waals surface area contributed by atoms with Gasteiger partial charge in [-0.3, -0.25) is 9.59 Å². The van der Waals surface area contributed by atoms with Crippen molar-refractivity contribution in [3.63, 3.8) is 0 Å². The second-order valence-electron chi connectivity index (χ2n) is 7.22. The van der Waals surface area contributed by atoms with Crippen LogP contribution < -0.4 is 5.32 Å². The number of anilines is 1. The number of nitrogens with zero attached hydrogens (tertiary/aromatic N) is 2. The van der Waals surface area contributed by atoms with Crippen LogP contribution >= 0.6 is 0 Å². The van der Waals surface area contributed by atoms with Crippen LogP contribution in [0.2, 0.25) is 0 Å². The van der Waals surface area contributed by atoms with Gasteiger partial charge in [0.05, 0.1) is 19.8 Å². The van der Waals surface area contributed by atoms with Gasteiger partial charge in [-0.05, 0) is 56.9 Å². The second kappa shape index (κ2) is 8.54. The summed E-state index contributed by atoms with van der Waals surface area (Å²) >= 11 is 0. The summed E-state index contributed by atoms with van der Waals surface area (Å²) in [4.78, 5) is 28.8. The summed E-state index contributed by atoms with van der Waals surface area (Å²) in [6.45, 7) is 7.72. The van der Waals surface area contributed by atoms with Crippen LogP contribution in [0.1, 0.15) is 42.1 Å². The highest BCUT2D eigenvalue weighted by atomic mass is 16.5. The lowest BCUT2D eigenvalue weighted by Gasteiger charge is -2.33. The van der Waals surface area contributed by atoms with E-state index in [0.29, 0.717) is 32.3 Å². The number of hydrogen-bond donors (Lipinski definition) is 1. The number of aryl methyl sites for hydroxylation is 1. The number of carbonyl (C=O) groups is 2. The molecule has 1 unspecified atom stereocenters. The van der Waals surface area contributed by atoms with Gasteiger partial charge in [0.1, 0.15) is 0 Å². The molecule has 6 heteroatoms. The molecule has 1 N–H and O–H groups in total. The Bertz CT molecular complexity index is 656. The normalized spacial score (nSPS) is 20.8. The maximum absolute atomic E-state index is 12.8. The number of morpholine rings is 1. The summed E-state index contributed by atoms with van der Waals surface area (Å²) in [7, 11) is 0. The number of ether oxygens (including phenoxy) is 1. The summed E-state index contributed by atoms with van der Waals surface area (Å²) in [6, 6.07) is 5.99. The van der Waals surface area contributed by atoms with Crippen LogP contribution in [0.15, 0.2) is 18.2 Å². The van der Waals surface area contributed by atoms with Crippen LogP contribution in [0, 0.1) is 6.92 Å². The standard InChI is InChI=1S/C20H29N3O3/c1-15-13-17(20(25)23-8-4-3-5-16(23)2)6-7-18(15)21-14-19(24)22-9-11-26-12-10-22/h6-7,13,16,21H,3-5,8-12,14H2,1-2H3. The van der Waals surface area contributed by atoms with Crippen molar-refractivity contribution in [1.29, 1.82) is 0 Å². The zero-order valence-electron chi connectivity index (χ0n) is 15.8. The van der Waals surface area contributed by atoms with Crippen LogP contribution in [0.25, 0.3) is 0 Å². The number of carbonyl (C=O) groups excluding carboxylic acids is 2. The number of likely N-dealkylation sites (tertiary alicyclic amines) is 1. The van der Waals surface area contributed by atoms with Gasteiger partial charge in [0, 0.05) is 36.9 Å². The Morgan fingerprint density at radius 3 is 2.65 bits per heavy atom. The van der Waals surface area contributed by atoms with Gasteiger partial charge < -0.3 is 19.9 Å². The highest BCUT2D eigenvalue weighted by Gasteiger charge is 2.24. The molecule has 1 aromatic rings. The maximum atomic E-state index is 12.8. The number of nitrogens with one attached hydrogen (secondary N) is 1. The highest BCUT2D eigenvalue weighted by molar-refractivity contribution is 5.95. The third-order valence-corrected chi connectivity index (χ3v) is 5.33. The van der Waals surface area contributed by atoms with E-state index >= 15 is 0 Å². The zero-order chi connectivity index (χ0) is 18.5. The molecule has 0 radical (unpaired) electrons. The van der Waals surface area contributed by atoms with E-state index in [0.717, 1.165) is 36.2 Å². The lowest BCUT2D eigenvalue weighted by atomic mass is 10.0. The van der Waals surface area contributed by atoms with Crippen molar-refractivity contribution in [3.05, 3.63) is 29.3 Å². The molecule has 1 aromatic carbocycles. The third-order valence-electron chi connectivity index (χ3n) is 5.33. The Morgan fingerprint density at radius 1 is 1.19 bits per heavy atom. The van der Waals surface area contributed by atoms with E-state index in [-0.39, 0.29) is 18.4 Å². The van der Waals surface area contributed by atoms with E-state index in [1.165, 1.54) is 6.42 Å². The predicted molar refractivity (Wildman–Crippen MR) is 101 cm³/mol. The third kappa shape index (κ3) is 4.36. The minimum Gasteiger partial charge on any atom is -0.378 e. The SMILES string of the molecule is Cc1cc(C(=O)N2CCCCC2C)ccc1NCC(=O)N1CCOCC1. The first-order chi connectivity index (χ1) is 12.6. The summed E-state index contributed by atoms with van der Waals surface area (Å²) in [5, 5.41) is 3.21. The van der Waals surface area contributed by atoms with Gasteiger partial charge in [0.15, 0.2) is 0 Å². The Balaban J connectivity index is 1.60. The van der Waals surface area contributed by atoms with Crippen LogP contribution in [-0.2, 0) is 9.53 Å². The fourth-order valence-corrected chi connectivity index (χ4v) is 3.66. The number of hydrogen-bond acceptors (Lipinski definition) is 4. The zero-order valence-corrected chi connectivity index (χ0v) is 15.8. The maximum Gasteiger partial charge on any atom is 0.254 e. The average molecular weight is 359 g/mol. The molecule has 6 nitrogen and oxygen atoms in total. The van der Waals surface area contributed by atoms with E-state index < -0.39 is 0 Å². The van der Waals surface area contributed by atoms with Gasteiger partial charge in [-0.25, -0.2) is 0 Å². The highest BCUT2D eigenvalue weighted by Crippen LogP contribution is 2.22. The van der Waals surface area contributed by atoms with Crippen LogP contribution in [0.4, 0.5) is 5.69 Å². The average Bonchev–Trinajstić information content (AvgIpc) is 2.67. The summed E-state index contributed by atoms with van der Waals surface area (Å²) in [5.74, 6) is 0.186. The topological polar surface area (TPSA) is 61.9 Å². The van der Waals surface area contributed by atoms with Crippen molar-refractivity contribution >= 4 is 17.5 Å². The summed E-state index contributed by atoms with van der Waals surface area (Å²) < 4.78 is 5.27. The molecule has 142 valence electrons. The lowest BCUT2D eigenvalue weighted by molar-refractivity contribution is -0.133. The molecular weight excluding hydrogens is 330 g/mol. The van der Waals surface area contributed by atoms with Crippen molar-refractivity contribution in [2.24, 2.45) is 0 Å². The fraction of sp³-hybridized carbons (Fsp3) is 0.600. The molecule has 0 bridgehead atoms. The monoisotopic (exact) mass is 359 g/mol. The minimum absolute atomic E-state index is 0.0787. The second-order valence-corrected chi connectivity index (χ2v) is 7.22. The van der Waals surface area contributed by atoms with E-state index in [1.54, 1.807) is 0 Å². The first-order valence-corrected chi connectivity index (χ1v) is 9.57. The molecule has 0 saturated carbocycles. The Kier molecular flexibility index (Phi) is 6.14. The van der Waals surface area contributed by atoms with Crippen molar-refractivity contribution in [2.75, 3.05) is 44.7 Å². The van der Waals surface area contributed by atoms with Crippen LogP contribution in [0.5, 0.6) is 0 Å². The Hall–Kier alpha value is -2.08. The van der Waals surface area contributed by atoms with Crippen LogP contribution in [-0.4, -0.2) is 67.0 Å². The molecule has 2 amide bonds. The molecule has 1 atom stereocenters. The van der Waals surface area contributed by atoms with E-state index in [2.05, 4.69) is 12.2 Å². The Morgan fingerprint density at radius 2 is 1.96 bits per heavy atom. The molecule has 0 aliphatic carbocycles. The molecular formula is C20H29N3O3. The molecule has 2 saturated heterocycles.